The van der Waals surface area contributed by atoms with Gasteiger partial charge >= 0.3 is 0 Å². The van der Waals surface area contributed by atoms with Gasteiger partial charge in [-0.05, 0) is 20.0 Å². The van der Waals surface area contributed by atoms with Crippen molar-refractivity contribution in [3.05, 3.63) is 0 Å². The van der Waals surface area contributed by atoms with E-state index in [2.05, 4.69) is 25.7 Å². The molecule has 0 rings (SSSR count). The lowest BCUT2D eigenvalue weighted by Crippen LogP contribution is -2.37. The second kappa shape index (κ2) is 5.97. The Morgan fingerprint density at radius 2 is 1.69 bits per heavy atom. The first-order valence-corrected chi connectivity index (χ1v) is 4.97. The molecule has 0 saturated heterocycles. The summed E-state index contributed by atoms with van der Waals surface area (Å²) in [5.74, 6) is 0.208. The topological polar surface area (TPSA) is 23.6 Å². The van der Waals surface area contributed by atoms with E-state index in [-0.39, 0.29) is 5.91 Å². The number of carbonyl (C=O) groups excluding carboxylic acids is 1. The van der Waals surface area contributed by atoms with Gasteiger partial charge in [-0.15, -0.1) is 0 Å². The van der Waals surface area contributed by atoms with Gasteiger partial charge in [-0.1, -0.05) is 13.8 Å². The highest BCUT2D eigenvalue weighted by Gasteiger charge is 2.14. The zero-order chi connectivity index (χ0) is 10.4. The molecule has 3 heteroatoms. The molecule has 0 radical (unpaired) electrons. The van der Waals surface area contributed by atoms with E-state index in [1.165, 1.54) is 0 Å². The molecule has 1 atom stereocenters. The van der Waals surface area contributed by atoms with Crippen molar-refractivity contribution >= 4 is 5.91 Å². The predicted octanol–water partition coefficient (Wildman–Crippen LogP) is 1.19. The van der Waals surface area contributed by atoms with Crippen LogP contribution in [0.2, 0.25) is 0 Å². The van der Waals surface area contributed by atoms with Crippen LogP contribution in [0.3, 0.4) is 0 Å². The molecule has 0 bridgehead atoms. The standard InChI is InChI=1S/C10H22N2O/c1-6-12(7-2)9(3)8-10(13)11(4)5/h9H,6-8H2,1-5H3/t9-/m1/s1. The van der Waals surface area contributed by atoms with Gasteiger partial charge < -0.3 is 9.80 Å². The molecule has 0 fully saturated rings. The SMILES string of the molecule is CCN(CC)[C@H](C)CC(=O)N(C)C. The van der Waals surface area contributed by atoms with E-state index in [0.717, 1.165) is 13.1 Å². The Kier molecular flexibility index (Phi) is 5.71. The quantitative estimate of drug-likeness (QED) is 0.644. The Labute approximate surface area is 81.7 Å². The molecule has 0 saturated carbocycles. The van der Waals surface area contributed by atoms with Crippen LogP contribution in [0, 0.1) is 0 Å². The summed E-state index contributed by atoms with van der Waals surface area (Å²) < 4.78 is 0. The summed E-state index contributed by atoms with van der Waals surface area (Å²) in [7, 11) is 3.61. The van der Waals surface area contributed by atoms with Crippen LogP contribution >= 0.6 is 0 Å². The fourth-order valence-corrected chi connectivity index (χ4v) is 1.41. The Balaban J connectivity index is 3.97. The van der Waals surface area contributed by atoms with Crippen molar-refractivity contribution in [2.24, 2.45) is 0 Å². The summed E-state index contributed by atoms with van der Waals surface area (Å²) in [6.07, 6.45) is 0.620. The van der Waals surface area contributed by atoms with Crippen molar-refractivity contribution in [1.29, 1.82) is 0 Å². The monoisotopic (exact) mass is 186 g/mol. The molecule has 3 nitrogen and oxygen atoms in total. The third-order valence-corrected chi connectivity index (χ3v) is 2.40. The number of carbonyl (C=O) groups is 1. The van der Waals surface area contributed by atoms with Gasteiger partial charge in [0.15, 0.2) is 0 Å². The maximum Gasteiger partial charge on any atom is 0.223 e. The van der Waals surface area contributed by atoms with Crippen molar-refractivity contribution in [1.82, 2.24) is 9.80 Å². The van der Waals surface area contributed by atoms with Crippen LogP contribution in [0.25, 0.3) is 0 Å². The number of nitrogens with zero attached hydrogens (tertiary/aromatic N) is 2. The van der Waals surface area contributed by atoms with Crippen LogP contribution in [0.15, 0.2) is 0 Å². The lowest BCUT2D eigenvalue weighted by molar-refractivity contribution is -0.129. The van der Waals surface area contributed by atoms with Crippen LogP contribution in [0.5, 0.6) is 0 Å². The minimum atomic E-state index is 0.208. The summed E-state index contributed by atoms with van der Waals surface area (Å²) in [6, 6.07) is 0.352. The molecule has 0 aromatic heterocycles. The van der Waals surface area contributed by atoms with Crippen LogP contribution in [0.4, 0.5) is 0 Å². The first-order valence-electron chi connectivity index (χ1n) is 4.97. The lowest BCUT2D eigenvalue weighted by atomic mass is 10.2. The zero-order valence-corrected chi connectivity index (χ0v) is 9.50. The van der Waals surface area contributed by atoms with E-state index in [1.807, 2.05) is 0 Å². The largest absolute Gasteiger partial charge is 0.349 e. The normalized spacial score (nSPS) is 13.1. The second-order valence-corrected chi connectivity index (χ2v) is 3.56. The van der Waals surface area contributed by atoms with Crippen LogP contribution in [-0.2, 0) is 4.79 Å². The average molecular weight is 186 g/mol. The van der Waals surface area contributed by atoms with E-state index in [1.54, 1.807) is 19.0 Å². The van der Waals surface area contributed by atoms with Gasteiger partial charge in [0.05, 0.1) is 0 Å². The Hall–Kier alpha value is -0.570. The first-order chi connectivity index (χ1) is 6.02. The third-order valence-electron chi connectivity index (χ3n) is 2.40. The molecule has 0 N–H and O–H groups in total. The van der Waals surface area contributed by atoms with Gasteiger partial charge in [-0.25, -0.2) is 0 Å². The zero-order valence-electron chi connectivity index (χ0n) is 9.50. The van der Waals surface area contributed by atoms with Gasteiger partial charge in [0.1, 0.15) is 0 Å². The molecule has 0 spiro atoms. The van der Waals surface area contributed by atoms with Gasteiger partial charge in [-0.2, -0.15) is 0 Å². The second-order valence-electron chi connectivity index (χ2n) is 3.56. The minimum absolute atomic E-state index is 0.208. The van der Waals surface area contributed by atoms with Crippen LogP contribution in [-0.4, -0.2) is 48.9 Å². The average Bonchev–Trinajstić information content (AvgIpc) is 2.06. The summed E-state index contributed by atoms with van der Waals surface area (Å²) >= 11 is 0. The molecule has 0 aliphatic carbocycles. The molecule has 1 amide bonds. The van der Waals surface area contributed by atoms with Crippen molar-refractivity contribution in [2.45, 2.75) is 33.2 Å². The smallest absolute Gasteiger partial charge is 0.223 e. The van der Waals surface area contributed by atoms with E-state index < -0.39 is 0 Å². The maximum atomic E-state index is 11.4. The van der Waals surface area contributed by atoms with Gasteiger partial charge in [0.2, 0.25) is 5.91 Å². The molecule has 0 aliphatic heterocycles. The summed E-state index contributed by atoms with van der Waals surface area (Å²) in [4.78, 5) is 15.3. The van der Waals surface area contributed by atoms with Crippen molar-refractivity contribution in [3.8, 4) is 0 Å². The summed E-state index contributed by atoms with van der Waals surface area (Å²) in [6.45, 7) is 8.38. The highest BCUT2D eigenvalue weighted by molar-refractivity contribution is 5.76. The molecule has 0 aromatic carbocycles. The molecular weight excluding hydrogens is 164 g/mol. The van der Waals surface area contributed by atoms with Crippen LogP contribution < -0.4 is 0 Å². The number of hydrogen-bond donors (Lipinski definition) is 0. The summed E-state index contributed by atoms with van der Waals surface area (Å²) in [5.41, 5.74) is 0. The number of amides is 1. The highest BCUT2D eigenvalue weighted by Crippen LogP contribution is 2.04. The summed E-state index contributed by atoms with van der Waals surface area (Å²) in [5, 5.41) is 0. The molecule has 0 heterocycles. The fraction of sp³-hybridized carbons (Fsp3) is 0.900. The van der Waals surface area contributed by atoms with E-state index in [9.17, 15) is 4.79 Å². The molecule has 0 aliphatic rings. The van der Waals surface area contributed by atoms with E-state index in [4.69, 9.17) is 0 Å². The lowest BCUT2D eigenvalue weighted by Gasteiger charge is -2.26. The van der Waals surface area contributed by atoms with Crippen molar-refractivity contribution in [2.75, 3.05) is 27.2 Å². The molecular formula is C10H22N2O. The Morgan fingerprint density at radius 3 is 2.00 bits per heavy atom. The Bertz CT molecular complexity index is 153. The minimum Gasteiger partial charge on any atom is -0.349 e. The number of hydrogen-bond acceptors (Lipinski definition) is 2. The molecule has 0 unspecified atom stereocenters. The van der Waals surface area contributed by atoms with Crippen molar-refractivity contribution < 1.29 is 4.79 Å². The van der Waals surface area contributed by atoms with Gasteiger partial charge in [-0.3, -0.25) is 4.79 Å². The first kappa shape index (κ1) is 12.4. The van der Waals surface area contributed by atoms with Crippen LogP contribution in [0.1, 0.15) is 27.2 Å². The maximum absolute atomic E-state index is 11.4. The van der Waals surface area contributed by atoms with E-state index >= 15 is 0 Å². The molecule has 0 aromatic rings. The molecule has 13 heavy (non-hydrogen) atoms. The Morgan fingerprint density at radius 1 is 1.23 bits per heavy atom. The number of rotatable bonds is 5. The van der Waals surface area contributed by atoms with Crippen molar-refractivity contribution in [3.63, 3.8) is 0 Å². The highest BCUT2D eigenvalue weighted by atomic mass is 16.2. The third kappa shape index (κ3) is 4.27. The van der Waals surface area contributed by atoms with Gasteiger partial charge in [0, 0.05) is 26.6 Å². The van der Waals surface area contributed by atoms with Gasteiger partial charge in [0.25, 0.3) is 0 Å². The fourth-order valence-electron chi connectivity index (χ4n) is 1.41. The van der Waals surface area contributed by atoms with E-state index in [0.29, 0.717) is 12.5 Å². The molecule has 78 valence electrons. The predicted molar refractivity (Wildman–Crippen MR) is 55.7 cm³/mol.